The minimum Gasteiger partial charge on any atom is -0.491 e. The number of hydrogen-bond donors (Lipinski definition) is 2. The zero-order valence-electron chi connectivity index (χ0n) is 13.7. The second-order valence-corrected chi connectivity index (χ2v) is 5.88. The van der Waals surface area contributed by atoms with E-state index in [1.165, 1.54) is 12.1 Å². The fraction of sp³-hybridized carbons (Fsp3) is 0.263. The second kappa shape index (κ2) is 7.79. The van der Waals surface area contributed by atoms with Crippen LogP contribution in [0.4, 0.5) is 10.1 Å². The van der Waals surface area contributed by atoms with Crippen molar-refractivity contribution in [1.29, 1.82) is 0 Å². The number of rotatable bonds is 5. The van der Waals surface area contributed by atoms with Crippen molar-refractivity contribution in [2.75, 3.05) is 18.5 Å². The Kier molecular flexibility index (Phi) is 5.28. The highest BCUT2D eigenvalue weighted by Gasteiger charge is 2.14. The Labute approximate surface area is 145 Å². The van der Waals surface area contributed by atoms with Crippen LogP contribution in [0, 0.1) is 5.82 Å². The average Bonchev–Trinajstić information content (AvgIpc) is 2.77. The second-order valence-electron chi connectivity index (χ2n) is 5.88. The first-order valence-corrected chi connectivity index (χ1v) is 8.17. The summed E-state index contributed by atoms with van der Waals surface area (Å²) in [5.41, 5.74) is 2.42. The molecule has 0 aliphatic carbocycles. The molecule has 0 bridgehead atoms. The van der Waals surface area contributed by atoms with Crippen LogP contribution in [0.3, 0.4) is 0 Å². The monoisotopic (exact) mass is 342 g/mol. The summed E-state index contributed by atoms with van der Waals surface area (Å²) < 4.78 is 18.4. The molecule has 0 fully saturated rings. The van der Waals surface area contributed by atoms with Gasteiger partial charge in [-0.15, -0.1) is 0 Å². The van der Waals surface area contributed by atoms with E-state index in [4.69, 9.17) is 4.74 Å². The minimum absolute atomic E-state index is 0.0662. The van der Waals surface area contributed by atoms with Crippen LogP contribution in [0.1, 0.15) is 17.5 Å². The maximum Gasteiger partial charge on any atom is 0.227 e. The van der Waals surface area contributed by atoms with Crippen molar-refractivity contribution < 1.29 is 18.7 Å². The molecule has 1 heterocycles. The van der Waals surface area contributed by atoms with Gasteiger partial charge >= 0.3 is 0 Å². The van der Waals surface area contributed by atoms with Crippen LogP contribution in [-0.4, -0.2) is 25.0 Å². The Morgan fingerprint density at radius 3 is 2.72 bits per heavy atom. The quantitative estimate of drug-likeness (QED) is 0.877. The number of hydrogen-bond acceptors (Lipinski definition) is 3. The highest BCUT2D eigenvalue weighted by atomic mass is 19.1. The predicted molar refractivity (Wildman–Crippen MR) is 92.0 cm³/mol. The van der Waals surface area contributed by atoms with Gasteiger partial charge in [0.15, 0.2) is 0 Å². The molecule has 0 saturated carbocycles. The topological polar surface area (TPSA) is 67.4 Å². The van der Waals surface area contributed by atoms with E-state index in [2.05, 4.69) is 10.6 Å². The summed E-state index contributed by atoms with van der Waals surface area (Å²) in [4.78, 5) is 23.5. The largest absolute Gasteiger partial charge is 0.491 e. The van der Waals surface area contributed by atoms with Crippen LogP contribution < -0.4 is 15.4 Å². The van der Waals surface area contributed by atoms with Crippen LogP contribution in [0.15, 0.2) is 42.5 Å². The van der Waals surface area contributed by atoms with Gasteiger partial charge in [-0.3, -0.25) is 9.59 Å². The molecule has 5 nitrogen and oxygen atoms in total. The van der Waals surface area contributed by atoms with Crippen molar-refractivity contribution in [3.05, 3.63) is 59.4 Å². The van der Waals surface area contributed by atoms with E-state index in [0.29, 0.717) is 37.4 Å². The van der Waals surface area contributed by atoms with Crippen LogP contribution in [-0.2, 0) is 22.4 Å². The zero-order valence-corrected chi connectivity index (χ0v) is 13.7. The number of anilines is 1. The molecule has 1 aliphatic heterocycles. The molecule has 0 saturated heterocycles. The predicted octanol–water partition coefficient (Wildman–Crippen LogP) is 2.45. The van der Waals surface area contributed by atoms with E-state index in [0.717, 1.165) is 11.1 Å². The van der Waals surface area contributed by atoms with Gasteiger partial charge in [0.1, 0.15) is 11.6 Å². The summed E-state index contributed by atoms with van der Waals surface area (Å²) in [6.07, 6.45) is 1.19. The summed E-state index contributed by atoms with van der Waals surface area (Å²) >= 11 is 0. The minimum atomic E-state index is -0.316. The number of ether oxygens (including phenoxy) is 1. The number of nitrogens with one attached hydrogen (secondary N) is 2. The summed E-state index contributed by atoms with van der Waals surface area (Å²) in [6, 6.07) is 11.5. The van der Waals surface area contributed by atoms with Crippen LogP contribution in [0.2, 0.25) is 0 Å². The van der Waals surface area contributed by atoms with Gasteiger partial charge in [-0.1, -0.05) is 18.2 Å². The van der Waals surface area contributed by atoms with Crippen molar-refractivity contribution in [3.8, 4) is 5.75 Å². The molecule has 2 amide bonds. The molecule has 2 aromatic rings. The number of amides is 2. The molecule has 2 aromatic carbocycles. The first kappa shape index (κ1) is 17.0. The van der Waals surface area contributed by atoms with Crippen molar-refractivity contribution in [2.45, 2.75) is 19.3 Å². The number of carbonyl (C=O) groups excluding carboxylic acids is 2. The summed E-state index contributed by atoms with van der Waals surface area (Å²) in [5.74, 6) is 0.167. The Bertz CT molecular complexity index is 775. The number of halogens is 1. The molecule has 0 spiro atoms. The van der Waals surface area contributed by atoms with E-state index in [1.54, 1.807) is 12.1 Å². The van der Waals surface area contributed by atoms with Gasteiger partial charge in [-0.2, -0.15) is 0 Å². The molecule has 0 aromatic heterocycles. The average molecular weight is 342 g/mol. The lowest BCUT2D eigenvalue weighted by molar-refractivity contribution is -0.120. The van der Waals surface area contributed by atoms with Crippen LogP contribution >= 0.6 is 0 Å². The van der Waals surface area contributed by atoms with E-state index in [9.17, 15) is 14.0 Å². The van der Waals surface area contributed by atoms with Crippen LogP contribution in [0.5, 0.6) is 5.75 Å². The Hall–Kier alpha value is -2.89. The third-order valence-electron chi connectivity index (χ3n) is 3.92. The standard InChI is InChI=1S/C19H19FN2O3/c20-15-4-1-13(2-5-15)12-19(24)21-9-7-14-3-6-17-16(11-14)22-18(23)8-10-25-17/h1-6,11H,7-10,12H2,(H,21,24)(H,22,23). The van der Waals surface area contributed by atoms with E-state index in [1.807, 2.05) is 18.2 Å². The lowest BCUT2D eigenvalue weighted by atomic mass is 10.1. The summed E-state index contributed by atoms with van der Waals surface area (Å²) in [6.45, 7) is 0.852. The summed E-state index contributed by atoms with van der Waals surface area (Å²) in [7, 11) is 0. The van der Waals surface area contributed by atoms with Crippen molar-refractivity contribution in [3.63, 3.8) is 0 Å². The number of fused-ring (bicyclic) bond motifs is 1. The highest BCUT2D eigenvalue weighted by molar-refractivity contribution is 5.93. The SMILES string of the molecule is O=C(Cc1ccc(F)cc1)NCCc1ccc2c(c1)NC(=O)CCO2. The molecule has 25 heavy (non-hydrogen) atoms. The number of carbonyl (C=O) groups is 2. The van der Waals surface area contributed by atoms with Gasteiger partial charge in [0.2, 0.25) is 11.8 Å². The summed E-state index contributed by atoms with van der Waals surface area (Å²) in [5, 5.41) is 5.66. The van der Waals surface area contributed by atoms with Crippen LogP contribution in [0.25, 0.3) is 0 Å². The third kappa shape index (κ3) is 4.79. The molecule has 130 valence electrons. The lowest BCUT2D eigenvalue weighted by Gasteiger charge is -2.10. The smallest absolute Gasteiger partial charge is 0.227 e. The first-order valence-electron chi connectivity index (χ1n) is 8.17. The molecule has 1 aliphatic rings. The Balaban J connectivity index is 1.51. The van der Waals surface area contributed by atoms with Gasteiger partial charge in [0.25, 0.3) is 0 Å². The highest BCUT2D eigenvalue weighted by Crippen LogP contribution is 2.28. The molecular weight excluding hydrogens is 323 g/mol. The van der Waals surface area contributed by atoms with Gasteiger partial charge in [-0.05, 0) is 41.8 Å². The molecular formula is C19H19FN2O3. The van der Waals surface area contributed by atoms with Crippen molar-refractivity contribution in [2.24, 2.45) is 0 Å². The Morgan fingerprint density at radius 1 is 1.16 bits per heavy atom. The maximum atomic E-state index is 12.8. The van der Waals surface area contributed by atoms with Gasteiger partial charge < -0.3 is 15.4 Å². The molecule has 0 unspecified atom stereocenters. The van der Waals surface area contributed by atoms with E-state index < -0.39 is 0 Å². The zero-order chi connectivity index (χ0) is 17.6. The first-order chi connectivity index (χ1) is 12.1. The maximum absolute atomic E-state index is 12.8. The fourth-order valence-corrected chi connectivity index (χ4v) is 2.62. The van der Waals surface area contributed by atoms with Gasteiger partial charge in [0, 0.05) is 6.54 Å². The molecule has 6 heteroatoms. The van der Waals surface area contributed by atoms with E-state index >= 15 is 0 Å². The Morgan fingerprint density at radius 2 is 1.92 bits per heavy atom. The molecule has 0 atom stereocenters. The third-order valence-corrected chi connectivity index (χ3v) is 3.92. The lowest BCUT2D eigenvalue weighted by Crippen LogP contribution is -2.27. The molecule has 0 radical (unpaired) electrons. The van der Waals surface area contributed by atoms with E-state index in [-0.39, 0.29) is 24.1 Å². The fourth-order valence-electron chi connectivity index (χ4n) is 2.62. The molecule has 2 N–H and O–H groups in total. The van der Waals surface area contributed by atoms with Gasteiger partial charge in [0.05, 0.1) is 25.1 Å². The molecule has 3 rings (SSSR count). The normalized spacial score (nSPS) is 13.2. The van der Waals surface area contributed by atoms with Crippen molar-refractivity contribution in [1.82, 2.24) is 5.32 Å². The number of benzene rings is 2. The van der Waals surface area contributed by atoms with Crippen molar-refractivity contribution >= 4 is 17.5 Å². The van der Waals surface area contributed by atoms with Gasteiger partial charge in [-0.25, -0.2) is 4.39 Å².